The van der Waals surface area contributed by atoms with Crippen LogP contribution in [0.3, 0.4) is 0 Å². The molecule has 0 spiro atoms. The largest absolute Gasteiger partial charge is 0.457 e. The van der Waals surface area contributed by atoms with Gasteiger partial charge in [-0.1, -0.05) is 24.3 Å². The summed E-state index contributed by atoms with van der Waals surface area (Å²) in [7, 11) is -4.06. The summed E-state index contributed by atoms with van der Waals surface area (Å²) in [6.45, 7) is 0.0799. The van der Waals surface area contributed by atoms with Gasteiger partial charge >= 0.3 is 6.09 Å². The van der Waals surface area contributed by atoms with Crippen LogP contribution in [0.25, 0.3) is 0 Å². The van der Waals surface area contributed by atoms with E-state index < -0.39 is 28.2 Å². The van der Waals surface area contributed by atoms with Crippen molar-refractivity contribution in [3.05, 3.63) is 89.7 Å². The molecular weight excluding hydrogens is 439 g/mol. The molecule has 0 fully saturated rings. The number of nitrogens with one attached hydrogen (secondary N) is 1. The highest BCUT2D eigenvalue weighted by Gasteiger charge is 2.38. The number of halogens is 1. The summed E-state index contributed by atoms with van der Waals surface area (Å²) in [5.74, 6) is 0.374. The number of hydrogen-bond donors (Lipinski definition) is 2. The average Bonchev–Trinajstić information content (AvgIpc) is 2.81. The first-order valence-electron chi connectivity index (χ1n) is 9.62. The molecule has 10 heteroatoms. The van der Waals surface area contributed by atoms with Gasteiger partial charge in [0.25, 0.3) is 0 Å². The van der Waals surface area contributed by atoms with Crippen LogP contribution in [0.2, 0.25) is 0 Å². The van der Waals surface area contributed by atoms with Gasteiger partial charge in [0.05, 0.1) is 4.90 Å². The number of rotatable bonds is 5. The molecule has 0 aromatic heterocycles. The molecule has 1 heterocycles. The van der Waals surface area contributed by atoms with E-state index in [2.05, 4.69) is 0 Å². The fourth-order valence-electron chi connectivity index (χ4n) is 3.46. The molecular formula is C22H19FN2O6S. The lowest BCUT2D eigenvalue weighted by molar-refractivity contribution is 0.00236. The summed E-state index contributed by atoms with van der Waals surface area (Å²) in [6.07, 6.45) is -1.98. The number of sulfonamides is 1. The van der Waals surface area contributed by atoms with E-state index in [1.807, 2.05) is 12.1 Å². The molecule has 3 aromatic carbocycles. The van der Waals surface area contributed by atoms with Gasteiger partial charge in [-0.25, -0.2) is 23.1 Å². The van der Waals surface area contributed by atoms with Crippen molar-refractivity contribution in [2.45, 2.75) is 17.5 Å². The van der Waals surface area contributed by atoms with E-state index in [4.69, 9.17) is 14.7 Å². The van der Waals surface area contributed by atoms with Gasteiger partial charge in [0.15, 0.2) is 6.23 Å². The van der Waals surface area contributed by atoms with E-state index in [0.717, 1.165) is 9.87 Å². The van der Waals surface area contributed by atoms with Crippen molar-refractivity contribution in [2.75, 3.05) is 6.54 Å². The number of carbonyl (C=O) groups excluding carboxylic acids is 1. The minimum atomic E-state index is -4.06. The number of fused-ring (bicyclic) bond motifs is 1. The topological polar surface area (TPSA) is 105 Å². The first-order chi connectivity index (χ1) is 15.4. The minimum Gasteiger partial charge on any atom is -0.457 e. The number of nitrogens with zero attached hydrogens (tertiary/aromatic N) is 1. The fourth-order valence-corrected chi connectivity index (χ4v) is 4.95. The lowest BCUT2D eigenvalue weighted by Gasteiger charge is -2.35. The number of hydrogen-bond acceptors (Lipinski definition) is 6. The van der Waals surface area contributed by atoms with Gasteiger partial charge in [-0.05, 0) is 60.5 Å². The van der Waals surface area contributed by atoms with Crippen LogP contribution < -0.4 is 10.2 Å². The van der Waals surface area contributed by atoms with Crippen molar-refractivity contribution in [1.29, 1.82) is 0 Å². The second-order valence-electron chi connectivity index (χ2n) is 6.96. The normalized spacial score (nSPS) is 16.1. The van der Waals surface area contributed by atoms with E-state index in [9.17, 15) is 17.6 Å². The van der Waals surface area contributed by atoms with Gasteiger partial charge in [-0.3, -0.25) is 5.21 Å². The minimum absolute atomic E-state index is 0.0265. The summed E-state index contributed by atoms with van der Waals surface area (Å²) in [5.41, 5.74) is 2.73. The van der Waals surface area contributed by atoms with Crippen molar-refractivity contribution in [1.82, 2.24) is 9.79 Å². The Kier molecular flexibility index (Phi) is 6.08. The zero-order chi connectivity index (χ0) is 22.7. The predicted molar refractivity (Wildman–Crippen MR) is 111 cm³/mol. The second kappa shape index (κ2) is 8.95. The SMILES string of the molecule is O=C(NO)O[C@@H]1c2ccccc2CCN1S(=O)(=O)c1ccc(Oc2ccc(F)cc2)cc1. The molecule has 0 unspecified atom stereocenters. The highest BCUT2D eigenvalue weighted by Crippen LogP contribution is 2.35. The van der Waals surface area contributed by atoms with Crippen molar-refractivity contribution < 1.29 is 32.3 Å². The van der Waals surface area contributed by atoms with Gasteiger partial charge in [0, 0.05) is 12.1 Å². The van der Waals surface area contributed by atoms with Gasteiger partial charge < -0.3 is 9.47 Å². The molecule has 4 rings (SSSR count). The standard InChI is InChI=1S/C22H19FN2O6S/c23-16-5-7-17(8-6-16)30-18-9-11-19(12-10-18)32(28,29)25-14-13-15-3-1-2-4-20(15)21(25)31-22(26)24-27/h1-12,21,27H,13-14H2,(H,24,26)/t21-/m1/s1. The monoisotopic (exact) mass is 458 g/mol. The Hall–Kier alpha value is -3.47. The molecule has 1 amide bonds. The average molecular weight is 458 g/mol. The molecule has 1 aliphatic rings. The van der Waals surface area contributed by atoms with E-state index in [1.54, 1.807) is 12.1 Å². The Labute approximate surface area is 183 Å². The van der Waals surface area contributed by atoms with Gasteiger partial charge in [0.1, 0.15) is 17.3 Å². The molecule has 0 bridgehead atoms. The molecule has 0 radical (unpaired) electrons. The number of amides is 1. The van der Waals surface area contributed by atoms with Crippen LogP contribution in [0.15, 0.2) is 77.7 Å². The van der Waals surface area contributed by atoms with Crippen LogP contribution in [0.5, 0.6) is 11.5 Å². The summed E-state index contributed by atoms with van der Waals surface area (Å²) in [6, 6.07) is 18.1. The van der Waals surface area contributed by atoms with Gasteiger partial charge in [-0.2, -0.15) is 4.31 Å². The van der Waals surface area contributed by atoms with Crippen LogP contribution in [-0.2, 0) is 21.2 Å². The number of benzene rings is 3. The van der Waals surface area contributed by atoms with E-state index in [1.165, 1.54) is 54.0 Å². The Bertz CT molecular complexity index is 1220. The summed E-state index contributed by atoms with van der Waals surface area (Å²) >= 11 is 0. The lowest BCUT2D eigenvalue weighted by atomic mass is 10.00. The molecule has 0 saturated carbocycles. The lowest BCUT2D eigenvalue weighted by Crippen LogP contribution is -2.43. The van der Waals surface area contributed by atoms with E-state index >= 15 is 0 Å². The quantitative estimate of drug-likeness (QED) is 0.443. The molecule has 1 atom stereocenters. The molecule has 8 nitrogen and oxygen atoms in total. The zero-order valence-corrected chi connectivity index (χ0v) is 17.5. The molecule has 166 valence electrons. The Morgan fingerprint density at radius 1 is 1.00 bits per heavy atom. The van der Waals surface area contributed by atoms with E-state index in [0.29, 0.717) is 23.5 Å². The van der Waals surface area contributed by atoms with Gasteiger partial charge in [0.2, 0.25) is 10.0 Å². The van der Waals surface area contributed by atoms with Crippen LogP contribution in [-0.4, -0.2) is 30.6 Å². The Morgan fingerprint density at radius 2 is 1.62 bits per heavy atom. The predicted octanol–water partition coefficient (Wildman–Crippen LogP) is 3.98. The summed E-state index contributed by atoms with van der Waals surface area (Å²) in [4.78, 5) is 11.7. The van der Waals surface area contributed by atoms with Crippen LogP contribution >= 0.6 is 0 Å². The third-order valence-electron chi connectivity index (χ3n) is 4.97. The number of carbonyl (C=O) groups is 1. The Balaban J connectivity index is 1.61. The molecule has 3 aromatic rings. The smallest absolute Gasteiger partial charge is 0.432 e. The van der Waals surface area contributed by atoms with Crippen LogP contribution in [0, 0.1) is 5.82 Å². The van der Waals surface area contributed by atoms with Crippen LogP contribution in [0.1, 0.15) is 17.4 Å². The second-order valence-corrected chi connectivity index (χ2v) is 8.85. The maximum absolute atomic E-state index is 13.4. The fraction of sp³-hybridized carbons (Fsp3) is 0.136. The summed E-state index contributed by atoms with van der Waals surface area (Å²) < 4.78 is 51.6. The number of hydroxylamine groups is 1. The van der Waals surface area contributed by atoms with Crippen LogP contribution in [0.4, 0.5) is 9.18 Å². The Morgan fingerprint density at radius 3 is 2.28 bits per heavy atom. The molecule has 0 aliphatic carbocycles. The highest BCUT2D eigenvalue weighted by atomic mass is 32.2. The zero-order valence-electron chi connectivity index (χ0n) is 16.6. The third kappa shape index (κ3) is 4.42. The summed E-state index contributed by atoms with van der Waals surface area (Å²) in [5, 5.41) is 8.86. The third-order valence-corrected chi connectivity index (χ3v) is 6.83. The van der Waals surface area contributed by atoms with Crippen molar-refractivity contribution in [3.63, 3.8) is 0 Å². The molecule has 1 aliphatic heterocycles. The highest BCUT2D eigenvalue weighted by molar-refractivity contribution is 7.89. The molecule has 32 heavy (non-hydrogen) atoms. The van der Waals surface area contributed by atoms with Crippen molar-refractivity contribution in [3.8, 4) is 11.5 Å². The van der Waals surface area contributed by atoms with Gasteiger partial charge in [-0.15, -0.1) is 0 Å². The molecule has 2 N–H and O–H groups in total. The first-order valence-corrected chi connectivity index (χ1v) is 11.1. The van der Waals surface area contributed by atoms with E-state index in [-0.39, 0.29) is 11.4 Å². The molecule has 0 saturated heterocycles. The first kappa shape index (κ1) is 21.8. The maximum Gasteiger partial charge on any atom is 0.432 e. The van der Waals surface area contributed by atoms with Crippen molar-refractivity contribution >= 4 is 16.1 Å². The number of ether oxygens (including phenoxy) is 2. The van der Waals surface area contributed by atoms with Crippen molar-refractivity contribution in [2.24, 2.45) is 0 Å². The maximum atomic E-state index is 13.4.